The molecule has 0 aliphatic heterocycles. The number of anilines is 6. The lowest BCUT2D eigenvalue weighted by atomic mass is 10.2. The van der Waals surface area contributed by atoms with Crippen molar-refractivity contribution in [2.24, 2.45) is 0 Å². The Kier molecular flexibility index (Phi) is 3.83. The molecule has 3 aromatic rings. The van der Waals surface area contributed by atoms with Gasteiger partial charge in [0, 0.05) is 34.1 Å². The highest BCUT2D eigenvalue weighted by molar-refractivity contribution is 5.67. The van der Waals surface area contributed by atoms with Gasteiger partial charge in [0.1, 0.15) is 0 Å². The van der Waals surface area contributed by atoms with E-state index >= 15 is 0 Å². The molecule has 0 saturated carbocycles. The molecule has 0 atom stereocenters. The molecule has 4 heteroatoms. The first-order valence-electron chi connectivity index (χ1n) is 7.04. The Labute approximate surface area is 129 Å². The van der Waals surface area contributed by atoms with Gasteiger partial charge in [-0.15, -0.1) is 0 Å². The van der Waals surface area contributed by atoms with Crippen LogP contribution >= 0.6 is 0 Å². The van der Waals surface area contributed by atoms with Crippen LogP contribution in [0.1, 0.15) is 0 Å². The van der Waals surface area contributed by atoms with Crippen LogP contribution in [0.3, 0.4) is 0 Å². The van der Waals surface area contributed by atoms with Gasteiger partial charge in [-0.05, 0) is 72.8 Å². The van der Waals surface area contributed by atoms with Crippen LogP contribution in [0.25, 0.3) is 0 Å². The molecule has 22 heavy (non-hydrogen) atoms. The molecule has 0 aromatic heterocycles. The van der Waals surface area contributed by atoms with Crippen molar-refractivity contribution in [3.05, 3.63) is 72.8 Å². The van der Waals surface area contributed by atoms with Gasteiger partial charge in [-0.25, -0.2) is 0 Å². The summed E-state index contributed by atoms with van der Waals surface area (Å²) in [7, 11) is 0. The van der Waals surface area contributed by atoms with Gasteiger partial charge >= 0.3 is 0 Å². The molecule has 3 aromatic carbocycles. The number of nitrogens with two attached hydrogens (primary N) is 2. The molecule has 0 heterocycles. The topological polar surface area (TPSA) is 76.1 Å². The van der Waals surface area contributed by atoms with Gasteiger partial charge in [-0.1, -0.05) is 0 Å². The van der Waals surface area contributed by atoms with Gasteiger partial charge in [0.15, 0.2) is 0 Å². The van der Waals surface area contributed by atoms with E-state index in [-0.39, 0.29) is 0 Å². The Balaban J connectivity index is 1.67. The summed E-state index contributed by atoms with van der Waals surface area (Å²) in [6.07, 6.45) is 0. The standard InChI is InChI=1S/C18H18N4/c19-13-1-5-15(6-2-13)21-17-9-11-18(12-10-17)22-16-7-3-14(20)4-8-16/h1-12,21-22H,19-20H2. The van der Waals surface area contributed by atoms with Crippen LogP contribution in [0, 0.1) is 0 Å². The van der Waals surface area contributed by atoms with Crippen molar-refractivity contribution in [3.63, 3.8) is 0 Å². The van der Waals surface area contributed by atoms with Crippen LogP contribution in [0.4, 0.5) is 34.1 Å². The lowest BCUT2D eigenvalue weighted by Crippen LogP contribution is -1.93. The molecule has 4 nitrogen and oxygen atoms in total. The second kappa shape index (κ2) is 6.10. The summed E-state index contributed by atoms with van der Waals surface area (Å²) in [5, 5.41) is 6.66. The van der Waals surface area contributed by atoms with E-state index in [2.05, 4.69) is 10.6 Å². The largest absolute Gasteiger partial charge is 0.399 e. The van der Waals surface area contributed by atoms with E-state index in [1.807, 2.05) is 72.8 Å². The van der Waals surface area contributed by atoms with E-state index in [9.17, 15) is 0 Å². The van der Waals surface area contributed by atoms with Gasteiger partial charge < -0.3 is 22.1 Å². The van der Waals surface area contributed by atoms with E-state index in [0.717, 1.165) is 34.1 Å². The van der Waals surface area contributed by atoms with Crippen LogP contribution in [0.15, 0.2) is 72.8 Å². The maximum absolute atomic E-state index is 5.68. The van der Waals surface area contributed by atoms with Gasteiger partial charge in [0.25, 0.3) is 0 Å². The Morgan fingerprint density at radius 2 is 0.636 bits per heavy atom. The average molecular weight is 290 g/mol. The number of nitrogens with one attached hydrogen (secondary N) is 2. The van der Waals surface area contributed by atoms with Gasteiger partial charge in [0.05, 0.1) is 0 Å². The van der Waals surface area contributed by atoms with Gasteiger partial charge in [-0.2, -0.15) is 0 Å². The summed E-state index contributed by atoms with van der Waals surface area (Å²) >= 11 is 0. The third kappa shape index (κ3) is 3.49. The van der Waals surface area contributed by atoms with Crippen molar-refractivity contribution < 1.29 is 0 Å². The summed E-state index contributed by atoms with van der Waals surface area (Å²) in [5.41, 5.74) is 16.9. The number of hydrogen-bond acceptors (Lipinski definition) is 4. The first-order chi connectivity index (χ1) is 10.7. The predicted molar refractivity (Wildman–Crippen MR) is 94.7 cm³/mol. The summed E-state index contributed by atoms with van der Waals surface area (Å²) in [4.78, 5) is 0. The van der Waals surface area contributed by atoms with E-state index < -0.39 is 0 Å². The predicted octanol–water partition coefficient (Wildman–Crippen LogP) is 4.34. The highest BCUT2D eigenvalue weighted by Gasteiger charge is 1.97. The molecule has 0 aliphatic rings. The maximum Gasteiger partial charge on any atom is 0.0385 e. The quantitative estimate of drug-likeness (QED) is 0.539. The second-order valence-corrected chi connectivity index (χ2v) is 5.07. The Bertz CT molecular complexity index is 665. The Morgan fingerprint density at radius 1 is 0.409 bits per heavy atom. The van der Waals surface area contributed by atoms with Crippen molar-refractivity contribution in [1.29, 1.82) is 0 Å². The molecule has 0 fully saturated rings. The van der Waals surface area contributed by atoms with Crippen LogP contribution in [-0.4, -0.2) is 0 Å². The van der Waals surface area contributed by atoms with Crippen LogP contribution in [-0.2, 0) is 0 Å². The van der Waals surface area contributed by atoms with Crippen LogP contribution < -0.4 is 22.1 Å². The van der Waals surface area contributed by atoms with Crippen molar-refractivity contribution in [2.75, 3.05) is 22.1 Å². The normalized spacial score (nSPS) is 10.2. The molecular weight excluding hydrogens is 272 g/mol. The zero-order valence-corrected chi connectivity index (χ0v) is 12.1. The van der Waals surface area contributed by atoms with Gasteiger partial charge in [0.2, 0.25) is 0 Å². The first kappa shape index (κ1) is 13.8. The highest BCUT2D eigenvalue weighted by Crippen LogP contribution is 2.22. The number of hydrogen-bond donors (Lipinski definition) is 4. The van der Waals surface area contributed by atoms with E-state index in [1.54, 1.807) is 0 Å². The monoisotopic (exact) mass is 290 g/mol. The molecule has 0 amide bonds. The van der Waals surface area contributed by atoms with Crippen LogP contribution in [0.2, 0.25) is 0 Å². The molecule has 6 N–H and O–H groups in total. The van der Waals surface area contributed by atoms with Crippen molar-refractivity contribution >= 4 is 34.1 Å². The molecule has 0 aliphatic carbocycles. The fourth-order valence-corrected chi connectivity index (χ4v) is 2.10. The Morgan fingerprint density at radius 3 is 0.909 bits per heavy atom. The lowest BCUT2D eigenvalue weighted by Gasteiger charge is -2.10. The van der Waals surface area contributed by atoms with Crippen molar-refractivity contribution in [1.82, 2.24) is 0 Å². The molecular formula is C18H18N4. The number of benzene rings is 3. The van der Waals surface area contributed by atoms with E-state index in [0.29, 0.717) is 0 Å². The molecule has 0 radical (unpaired) electrons. The zero-order chi connectivity index (χ0) is 15.4. The summed E-state index contributed by atoms with van der Waals surface area (Å²) in [6, 6.07) is 23.4. The summed E-state index contributed by atoms with van der Waals surface area (Å²) < 4.78 is 0. The van der Waals surface area contributed by atoms with E-state index in [1.165, 1.54) is 0 Å². The summed E-state index contributed by atoms with van der Waals surface area (Å²) in [5.74, 6) is 0. The average Bonchev–Trinajstić information content (AvgIpc) is 2.54. The van der Waals surface area contributed by atoms with Crippen molar-refractivity contribution in [3.8, 4) is 0 Å². The fourth-order valence-electron chi connectivity index (χ4n) is 2.10. The minimum Gasteiger partial charge on any atom is -0.399 e. The smallest absolute Gasteiger partial charge is 0.0385 e. The molecule has 0 unspecified atom stereocenters. The first-order valence-corrected chi connectivity index (χ1v) is 7.04. The van der Waals surface area contributed by atoms with Crippen LogP contribution in [0.5, 0.6) is 0 Å². The summed E-state index contributed by atoms with van der Waals surface area (Å²) in [6.45, 7) is 0. The minimum atomic E-state index is 0.758. The Hall–Kier alpha value is -3.14. The molecule has 0 saturated heterocycles. The minimum absolute atomic E-state index is 0.758. The highest BCUT2D eigenvalue weighted by atomic mass is 14.9. The molecule has 3 rings (SSSR count). The molecule has 110 valence electrons. The van der Waals surface area contributed by atoms with E-state index in [4.69, 9.17) is 11.5 Å². The SMILES string of the molecule is Nc1ccc(Nc2ccc(Nc3ccc(N)cc3)cc2)cc1. The zero-order valence-electron chi connectivity index (χ0n) is 12.1. The third-order valence-electron chi connectivity index (χ3n) is 3.28. The van der Waals surface area contributed by atoms with Crippen molar-refractivity contribution in [2.45, 2.75) is 0 Å². The number of rotatable bonds is 4. The molecule has 0 spiro atoms. The third-order valence-corrected chi connectivity index (χ3v) is 3.28. The number of nitrogen functional groups attached to an aromatic ring is 2. The maximum atomic E-state index is 5.68. The van der Waals surface area contributed by atoms with Gasteiger partial charge in [-0.3, -0.25) is 0 Å². The second-order valence-electron chi connectivity index (χ2n) is 5.07. The molecule has 0 bridgehead atoms. The lowest BCUT2D eigenvalue weighted by molar-refractivity contribution is 1.52. The fraction of sp³-hybridized carbons (Fsp3) is 0.